The first-order valence-corrected chi connectivity index (χ1v) is 5.09. The summed E-state index contributed by atoms with van der Waals surface area (Å²) in [5.74, 6) is -0.0687. The zero-order chi connectivity index (χ0) is 11.8. The number of nitrogens with two attached hydrogens (primary N) is 1. The van der Waals surface area contributed by atoms with Crippen molar-refractivity contribution in [2.45, 2.75) is 25.2 Å². The summed E-state index contributed by atoms with van der Waals surface area (Å²) >= 11 is 0. The Bertz CT molecular complexity index is 441. The van der Waals surface area contributed by atoms with Gasteiger partial charge in [-0.3, -0.25) is 14.9 Å². The Balaban J connectivity index is 2.34. The van der Waals surface area contributed by atoms with E-state index in [1.807, 2.05) is 6.92 Å². The third kappa shape index (κ3) is 1.64. The van der Waals surface area contributed by atoms with Gasteiger partial charge in [0.15, 0.2) is 0 Å². The second-order valence-electron chi connectivity index (χ2n) is 4.18. The highest BCUT2D eigenvalue weighted by molar-refractivity contribution is 6.03. The van der Waals surface area contributed by atoms with Crippen LogP contribution in [0.5, 0.6) is 0 Å². The molecule has 1 aliphatic rings. The van der Waals surface area contributed by atoms with Crippen LogP contribution >= 0.6 is 0 Å². The Hall–Kier alpha value is -1.91. The lowest BCUT2D eigenvalue weighted by molar-refractivity contribution is -0.137. The number of anilines is 1. The maximum atomic E-state index is 11.8. The highest BCUT2D eigenvalue weighted by Crippen LogP contribution is 2.31. The molecular formula is C11H13N3O2. The normalized spacial score (nSPS) is 25.3. The number of nitrogens with zero attached hydrogens (tertiary/aromatic N) is 1. The van der Waals surface area contributed by atoms with Crippen LogP contribution in [0.25, 0.3) is 0 Å². The Morgan fingerprint density at radius 2 is 2.19 bits per heavy atom. The SMILES string of the molecule is CC1(c2ccc(N)nc2)CCC(=O)NC1=O. The first-order chi connectivity index (χ1) is 7.52. The number of hydrogen-bond donors (Lipinski definition) is 2. The fraction of sp³-hybridized carbons (Fsp3) is 0.364. The molecule has 16 heavy (non-hydrogen) atoms. The van der Waals surface area contributed by atoms with Crippen LogP contribution in [0.15, 0.2) is 18.3 Å². The highest BCUT2D eigenvalue weighted by atomic mass is 16.2. The first kappa shape index (κ1) is 10.6. The molecule has 2 rings (SSSR count). The smallest absolute Gasteiger partial charge is 0.236 e. The molecular weight excluding hydrogens is 206 g/mol. The van der Waals surface area contributed by atoms with Crippen LogP contribution in [0.1, 0.15) is 25.3 Å². The van der Waals surface area contributed by atoms with Crippen molar-refractivity contribution >= 4 is 17.6 Å². The number of nitrogens with one attached hydrogen (secondary N) is 1. The first-order valence-electron chi connectivity index (χ1n) is 5.09. The van der Waals surface area contributed by atoms with Gasteiger partial charge in [0.05, 0.1) is 5.41 Å². The molecule has 0 spiro atoms. The van der Waals surface area contributed by atoms with Crippen LogP contribution in [0.4, 0.5) is 5.82 Å². The molecule has 1 fully saturated rings. The molecule has 0 aromatic carbocycles. The van der Waals surface area contributed by atoms with Crippen molar-refractivity contribution in [1.82, 2.24) is 10.3 Å². The van der Waals surface area contributed by atoms with E-state index in [9.17, 15) is 9.59 Å². The predicted octanol–water partition coefficient (Wildman–Crippen LogP) is 0.358. The fourth-order valence-corrected chi connectivity index (χ4v) is 1.81. The van der Waals surface area contributed by atoms with Crippen molar-refractivity contribution in [3.63, 3.8) is 0 Å². The number of carbonyl (C=O) groups is 2. The van der Waals surface area contributed by atoms with Crippen LogP contribution in [0, 0.1) is 0 Å². The lowest BCUT2D eigenvalue weighted by Gasteiger charge is -2.31. The average Bonchev–Trinajstić information content (AvgIpc) is 2.25. The fourth-order valence-electron chi connectivity index (χ4n) is 1.81. The number of imide groups is 1. The number of rotatable bonds is 1. The average molecular weight is 219 g/mol. The Labute approximate surface area is 93.0 Å². The van der Waals surface area contributed by atoms with Gasteiger partial charge in [0, 0.05) is 12.6 Å². The summed E-state index contributed by atoms with van der Waals surface area (Å²) in [6.07, 6.45) is 2.45. The summed E-state index contributed by atoms with van der Waals surface area (Å²) in [7, 11) is 0. The van der Waals surface area contributed by atoms with Gasteiger partial charge in [0.2, 0.25) is 11.8 Å². The van der Waals surface area contributed by atoms with Crippen LogP contribution in [-0.4, -0.2) is 16.8 Å². The molecule has 2 heterocycles. The van der Waals surface area contributed by atoms with Crippen LogP contribution in [0.3, 0.4) is 0 Å². The molecule has 1 saturated heterocycles. The van der Waals surface area contributed by atoms with Gasteiger partial charge in [-0.1, -0.05) is 6.07 Å². The van der Waals surface area contributed by atoms with E-state index in [1.165, 1.54) is 0 Å². The minimum absolute atomic E-state index is 0.217. The molecule has 1 aliphatic heterocycles. The van der Waals surface area contributed by atoms with E-state index < -0.39 is 5.41 Å². The molecule has 1 unspecified atom stereocenters. The predicted molar refractivity (Wildman–Crippen MR) is 58.4 cm³/mol. The maximum Gasteiger partial charge on any atom is 0.236 e. The molecule has 1 aromatic rings. The second kappa shape index (κ2) is 3.59. The van der Waals surface area contributed by atoms with Crippen LogP contribution in [-0.2, 0) is 15.0 Å². The molecule has 5 nitrogen and oxygen atoms in total. The minimum atomic E-state index is -0.686. The maximum absolute atomic E-state index is 11.8. The lowest BCUT2D eigenvalue weighted by Crippen LogP contribution is -2.49. The summed E-state index contributed by atoms with van der Waals surface area (Å²) in [5, 5.41) is 2.35. The van der Waals surface area contributed by atoms with Gasteiger partial charge in [-0.25, -0.2) is 4.98 Å². The molecule has 0 radical (unpaired) electrons. The third-order valence-electron chi connectivity index (χ3n) is 3.03. The van der Waals surface area contributed by atoms with E-state index in [4.69, 9.17) is 5.73 Å². The van der Waals surface area contributed by atoms with Crippen molar-refractivity contribution in [1.29, 1.82) is 0 Å². The third-order valence-corrected chi connectivity index (χ3v) is 3.03. The molecule has 5 heteroatoms. The molecule has 0 saturated carbocycles. The molecule has 0 aliphatic carbocycles. The Morgan fingerprint density at radius 1 is 1.44 bits per heavy atom. The number of nitrogen functional groups attached to an aromatic ring is 1. The van der Waals surface area contributed by atoms with Crippen molar-refractivity contribution in [2.24, 2.45) is 0 Å². The van der Waals surface area contributed by atoms with Gasteiger partial charge >= 0.3 is 0 Å². The lowest BCUT2D eigenvalue weighted by atomic mass is 9.76. The van der Waals surface area contributed by atoms with Crippen LogP contribution in [0.2, 0.25) is 0 Å². The van der Waals surface area contributed by atoms with Gasteiger partial charge in [0.1, 0.15) is 5.82 Å². The summed E-state index contributed by atoms with van der Waals surface area (Å²) in [4.78, 5) is 26.9. The van der Waals surface area contributed by atoms with E-state index in [0.29, 0.717) is 18.7 Å². The number of piperidine rings is 1. The van der Waals surface area contributed by atoms with E-state index in [1.54, 1.807) is 18.3 Å². The highest BCUT2D eigenvalue weighted by Gasteiger charge is 2.40. The summed E-state index contributed by atoms with van der Waals surface area (Å²) in [5.41, 5.74) is 5.59. The number of carbonyl (C=O) groups excluding carboxylic acids is 2. The van der Waals surface area contributed by atoms with Crippen LogP contribution < -0.4 is 11.1 Å². The topological polar surface area (TPSA) is 85.1 Å². The zero-order valence-electron chi connectivity index (χ0n) is 8.99. The molecule has 1 atom stereocenters. The van der Waals surface area contributed by atoms with Gasteiger partial charge in [0.25, 0.3) is 0 Å². The summed E-state index contributed by atoms with van der Waals surface area (Å²) < 4.78 is 0. The molecule has 84 valence electrons. The number of hydrogen-bond acceptors (Lipinski definition) is 4. The van der Waals surface area contributed by atoms with Gasteiger partial charge in [-0.05, 0) is 25.0 Å². The molecule has 3 N–H and O–H groups in total. The Morgan fingerprint density at radius 3 is 2.75 bits per heavy atom. The number of aromatic nitrogens is 1. The molecule has 1 aromatic heterocycles. The largest absolute Gasteiger partial charge is 0.384 e. The minimum Gasteiger partial charge on any atom is -0.384 e. The quantitative estimate of drug-likeness (QED) is 0.668. The van der Waals surface area contributed by atoms with E-state index >= 15 is 0 Å². The Kier molecular flexibility index (Phi) is 2.38. The molecule has 0 bridgehead atoms. The summed E-state index contributed by atoms with van der Waals surface area (Å²) in [6, 6.07) is 3.43. The van der Waals surface area contributed by atoms with Crippen molar-refractivity contribution in [2.75, 3.05) is 5.73 Å². The van der Waals surface area contributed by atoms with Crippen molar-refractivity contribution < 1.29 is 9.59 Å². The van der Waals surface area contributed by atoms with Gasteiger partial charge < -0.3 is 5.73 Å². The standard InChI is InChI=1S/C11H13N3O2/c1-11(5-4-9(15)14-10(11)16)7-2-3-8(12)13-6-7/h2-3,6H,4-5H2,1H3,(H2,12,13)(H,14,15,16). The second-order valence-corrected chi connectivity index (χ2v) is 4.18. The van der Waals surface area contributed by atoms with Gasteiger partial charge in [-0.15, -0.1) is 0 Å². The molecule has 2 amide bonds. The summed E-state index contributed by atoms with van der Waals surface area (Å²) in [6.45, 7) is 1.81. The van der Waals surface area contributed by atoms with E-state index in [2.05, 4.69) is 10.3 Å². The van der Waals surface area contributed by atoms with Crippen molar-refractivity contribution in [3.05, 3.63) is 23.9 Å². The number of amides is 2. The zero-order valence-corrected chi connectivity index (χ0v) is 8.99. The van der Waals surface area contributed by atoms with Gasteiger partial charge in [-0.2, -0.15) is 0 Å². The van der Waals surface area contributed by atoms with Crippen molar-refractivity contribution in [3.8, 4) is 0 Å². The van der Waals surface area contributed by atoms with E-state index in [-0.39, 0.29) is 11.8 Å². The number of pyridine rings is 1. The van der Waals surface area contributed by atoms with E-state index in [0.717, 1.165) is 5.56 Å². The monoisotopic (exact) mass is 219 g/mol.